The van der Waals surface area contributed by atoms with Crippen molar-refractivity contribution >= 4 is 11.8 Å². The number of rotatable bonds is 6. The van der Waals surface area contributed by atoms with E-state index in [0.29, 0.717) is 12.6 Å². The van der Waals surface area contributed by atoms with Gasteiger partial charge >= 0.3 is 0 Å². The highest BCUT2D eigenvalue weighted by Gasteiger charge is 2.27. The van der Waals surface area contributed by atoms with Gasteiger partial charge in [-0.1, -0.05) is 0 Å². The van der Waals surface area contributed by atoms with E-state index < -0.39 is 0 Å². The minimum Gasteiger partial charge on any atom is -0.389 e. The van der Waals surface area contributed by atoms with E-state index in [1.165, 1.54) is 19.3 Å². The zero-order chi connectivity index (χ0) is 11.3. The maximum Gasteiger partial charge on any atom is 0.0900 e. The van der Waals surface area contributed by atoms with E-state index in [9.17, 15) is 5.11 Å². The maximum absolute atomic E-state index is 9.63. The van der Waals surface area contributed by atoms with Gasteiger partial charge in [-0.05, 0) is 32.6 Å². The largest absolute Gasteiger partial charge is 0.389 e. The molecule has 0 aromatic carbocycles. The Morgan fingerprint density at radius 2 is 2.27 bits per heavy atom. The van der Waals surface area contributed by atoms with Crippen molar-refractivity contribution in [2.75, 3.05) is 33.6 Å². The van der Waals surface area contributed by atoms with Crippen molar-refractivity contribution < 1.29 is 9.84 Å². The summed E-state index contributed by atoms with van der Waals surface area (Å²) in [4.78, 5) is 2.28. The summed E-state index contributed by atoms with van der Waals surface area (Å²) < 4.78 is 4.93. The van der Waals surface area contributed by atoms with Crippen LogP contribution in [0.15, 0.2) is 0 Å². The number of likely N-dealkylation sites (N-methyl/N-ethyl adjacent to an activating group) is 1. The predicted octanol–water partition coefficient (Wildman–Crippen LogP) is 1.21. The summed E-state index contributed by atoms with van der Waals surface area (Å²) in [7, 11) is 3.73. The molecule has 1 N–H and O–H groups in total. The van der Waals surface area contributed by atoms with Crippen LogP contribution in [0.4, 0.5) is 0 Å². The Morgan fingerprint density at radius 3 is 2.80 bits per heavy atom. The van der Waals surface area contributed by atoms with E-state index >= 15 is 0 Å². The quantitative estimate of drug-likeness (QED) is 0.747. The molecule has 1 aliphatic carbocycles. The van der Waals surface area contributed by atoms with Crippen LogP contribution in [0, 0.1) is 0 Å². The normalized spacial score (nSPS) is 28.6. The highest BCUT2D eigenvalue weighted by molar-refractivity contribution is 7.99. The van der Waals surface area contributed by atoms with E-state index in [-0.39, 0.29) is 6.10 Å². The number of thioether (sulfide) groups is 1. The van der Waals surface area contributed by atoms with Gasteiger partial charge in [0.2, 0.25) is 0 Å². The first-order valence-electron chi connectivity index (χ1n) is 5.57. The molecular weight excluding hydrogens is 210 g/mol. The van der Waals surface area contributed by atoms with E-state index in [4.69, 9.17) is 4.74 Å². The minimum absolute atomic E-state index is 0.353. The third-order valence-corrected chi connectivity index (χ3v) is 4.27. The molecule has 3 nitrogen and oxygen atoms in total. The van der Waals surface area contributed by atoms with E-state index in [0.717, 1.165) is 11.8 Å². The van der Waals surface area contributed by atoms with E-state index in [1.807, 2.05) is 11.8 Å². The van der Waals surface area contributed by atoms with Crippen molar-refractivity contribution in [3.8, 4) is 0 Å². The number of hydrogen-bond donors (Lipinski definition) is 1. The van der Waals surface area contributed by atoms with Crippen molar-refractivity contribution in [1.29, 1.82) is 0 Å². The number of methoxy groups -OCH3 is 1. The highest BCUT2D eigenvalue weighted by atomic mass is 32.2. The van der Waals surface area contributed by atoms with Crippen molar-refractivity contribution in [1.82, 2.24) is 4.90 Å². The first kappa shape index (κ1) is 13.3. The van der Waals surface area contributed by atoms with Crippen LogP contribution in [-0.2, 0) is 4.74 Å². The number of hydrogen-bond acceptors (Lipinski definition) is 4. The second-order valence-electron chi connectivity index (χ2n) is 4.37. The molecule has 0 aromatic heterocycles. The number of nitrogens with zero attached hydrogens (tertiary/aromatic N) is 1. The Kier molecular flexibility index (Phi) is 5.97. The Balaban J connectivity index is 2.25. The van der Waals surface area contributed by atoms with Gasteiger partial charge in [-0.25, -0.2) is 0 Å². The monoisotopic (exact) mass is 233 g/mol. The van der Waals surface area contributed by atoms with Gasteiger partial charge in [-0.3, -0.25) is 0 Å². The van der Waals surface area contributed by atoms with E-state index in [1.54, 1.807) is 7.11 Å². The van der Waals surface area contributed by atoms with Gasteiger partial charge in [0.05, 0.1) is 12.7 Å². The van der Waals surface area contributed by atoms with Crippen LogP contribution in [0.25, 0.3) is 0 Å². The molecule has 4 heteroatoms. The van der Waals surface area contributed by atoms with Crippen LogP contribution in [0.1, 0.15) is 19.3 Å². The average molecular weight is 233 g/mol. The Labute approximate surface area is 97.2 Å². The molecule has 3 atom stereocenters. The molecule has 0 radical (unpaired) electrons. The van der Waals surface area contributed by atoms with Gasteiger partial charge in [0, 0.05) is 24.9 Å². The lowest BCUT2D eigenvalue weighted by molar-refractivity contribution is 0.0348. The van der Waals surface area contributed by atoms with Gasteiger partial charge in [-0.15, -0.1) is 0 Å². The molecule has 0 heterocycles. The van der Waals surface area contributed by atoms with Crippen molar-refractivity contribution in [3.05, 3.63) is 0 Å². The summed E-state index contributed by atoms with van der Waals surface area (Å²) in [5.74, 6) is 0. The molecule has 1 saturated carbocycles. The maximum atomic E-state index is 9.63. The molecule has 15 heavy (non-hydrogen) atoms. The fourth-order valence-electron chi connectivity index (χ4n) is 2.26. The Hall–Kier alpha value is 0.230. The first-order valence-corrected chi connectivity index (χ1v) is 6.86. The molecule has 0 bridgehead atoms. The second kappa shape index (κ2) is 6.74. The van der Waals surface area contributed by atoms with Crippen LogP contribution in [0.2, 0.25) is 0 Å². The van der Waals surface area contributed by atoms with Gasteiger partial charge in [0.1, 0.15) is 0 Å². The van der Waals surface area contributed by atoms with Crippen LogP contribution in [0.3, 0.4) is 0 Å². The first-order chi connectivity index (χ1) is 7.17. The number of aliphatic hydroxyl groups is 1. The third kappa shape index (κ3) is 4.31. The molecule has 1 fully saturated rings. The Bertz CT molecular complexity index is 180. The fraction of sp³-hybridized carbons (Fsp3) is 1.00. The van der Waals surface area contributed by atoms with Gasteiger partial charge in [-0.2, -0.15) is 11.8 Å². The third-order valence-electron chi connectivity index (χ3n) is 3.17. The predicted molar refractivity (Wildman–Crippen MR) is 65.5 cm³/mol. The van der Waals surface area contributed by atoms with E-state index in [2.05, 4.69) is 18.2 Å². The van der Waals surface area contributed by atoms with Crippen LogP contribution in [-0.4, -0.2) is 61.0 Å². The molecule has 0 amide bonds. The fourth-order valence-corrected chi connectivity index (χ4v) is 3.04. The molecule has 0 aliphatic heterocycles. The van der Waals surface area contributed by atoms with Gasteiger partial charge in [0.15, 0.2) is 0 Å². The summed E-state index contributed by atoms with van der Waals surface area (Å²) in [5, 5.41) is 10.4. The number of aliphatic hydroxyl groups excluding tert-OH is 1. The summed E-state index contributed by atoms with van der Waals surface area (Å²) in [6.07, 6.45) is 5.68. The topological polar surface area (TPSA) is 32.7 Å². The molecule has 0 saturated heterocycles. The lowest BCUT2D eigenvalue weighted by Gasteiger charge is -2.26. The molecule has 1 aliphatic rings. The molecule has 0 unspecified atom stereocenters. The standard InChI is InChI=1S/C11H23NO2S/c1-12(7-10(13)8-14-2)9-4-5-11(6-9)15-3/h9-11,13H,4-8H2,1-3H3/t9-,10+,11-/m0/s1. The lowest BCUT2D eigenvalue weighted by atomic mass is 10.2. The van der Waals surface area contributed by atoms with Gasteiger partial charge < -0.3 is 14.7 Å². The highest BCUT2D eigenvalue weighted by Crippen LogP contribution is 2.30. The lowest BCUT2D eigenvalue weighted by Crippen LogP contribution is -2.38. The molecule has 1 rings (SSSR count). The zero-order valence-electron chi connectivity index (χ0n) is 9.98. The molecule has 90 valence electrons. The summed E-state index contributed by atoms with van der Waals surface area (Å²) in [5.41, 5.74) is 0. The van der Waals surface area contributed by atoms with Crippen molar-refractivity contribution in [2.45, 2.75) is 36.7 Å². The van der Waals surface area contributed by atoms with Crippen LogP contribution < -0.4 is 0 Å². The summed E-state index contributed by atoms with van der Waals surface area (Å²) in [6.45, 7) is 1.16. The van der Waals surface area contributed by atoms with Crippen LogP contribution in [0.5, 0.6) is 0 Å². The zero-order valence-corrected chi connectivity index (χ0v) is 10.8. The van der Waals surface area contributed by atoms with Gasteiger partial charge in [0.25, 0.3) is 0 Å². The molecule has 0 aromatic rings. The summed E-state index contributed by atoms with van der Waals surface area (Å²) in [6, 6.07) is 0.647. The smallest absolute Gasteiger partial charge is 0.0900 e. The van der Waals surface area contributed by atoms with Crippen molar-refractivity contribution in [2.24, 2.45) is 0 Å². The average Bonchev–Trinajstić information content (AvgIpc) is 2.66. The minimum atomic E-state index is -0.353. The molecular formula is C11H23NO2S. The second-order valence-corrected chi connectivity index (χ2v) is 5.51. The molecule has 0 spiro atoms. The number of ether oxygens (including phenoxy) is 1. The van der Waals surface area contributed by atoms with Crippen LogP contribution >= 0.6 is 11.8 Å². The SMILES string of the molecule is COC[C@H](O)CN(C)[C@H]1CC[C@H](SC)C1. The summed E-state index contributed by atoms with van der Waals surface area (Å²) >= 11 is 1.97. The van der Waals surface area contributed by atoms with Crippen molar-refractivity contribution in [3.63, 3.8) is 0 Å². The Morgan fingerprint density at radius 1 is 1.53 bits per heavy atom.